The van der Waals surface area contributed by atoms with Crippen LogP contribution in [0.4, 0.5) is 0 Å². The number of aromatic carboxylic acids is 1. The molecule has 0 saturated carbocycles. The van der Waals surface area contributed by atoms with E-state index < -0.39 is 5.97 Å². The molecule has 0 unspecified atom stereocenters. The average molecular weight is 373 g/mol. The Morgan fingerprint density at radius 3 is 2.40 bits per heavy atom. The average Bonchev–Trinajstić information content (AvgIpc) is 3.00. The maximum absolute atomic E-state index is 12.4. The molecule has 7 heteroatoms. The van der Waals surface area contributed by atoms with Crippen LogP contribution in [0.15, 0.2) is 42.0 Å². The highest BCUT2D eigenvalue weighted by Gasteiger charge is 2.22. The Labute approximate surface area is 153 Å². The van der Waals surface area contributed by atoms with Gasteiger partial charge in [0.25, 0.3) is 0 Å². The molecule has 3 aromatic rings. The van der Waals surface area contributed by atoms with E-state index in [-0.39, 0.29) is 23.6 Å². The van der Waals surface area contributed by atoms with Crippen molar-refractivity contribution < 1.29 is 14.7 Å². The first-order chi connectivity index (χ1) is 12.0. The lowest BCUT2D eigenvalue weighted by Crippen LogP contribution is -2.11. The minimum absolute atomic E-state index is 0.0607. The predicted octanol–water partition coefficient (Wildman–Crippen LogP) is 4.29. The number of rotatable bonds is 5. The molecule has 3 rings (SSSR count). The van der Waals surface area contributed by atoms with Crippen molar-refractivity contribution in [1.29, 1.82) is 0 Å². The molecule has 25 heavy (non-hydrogen) atoms. The molecule has 2 heterocycles. The highest BCUT2D eigenvalue weighted by Crippen LogP contribution is 2.34. The molecule has 1 N–H and O–H groups in total. The maximum Gasteiger partial charge on any atom is 0.337 e. The lowest BCUT2D eigenvalue weighted by atomic mass is 10.0. The van der Waals surface area contributed by atoms with Crippen molar-refractivity contribution in [2.45, 2.75) is 13.3 Å². The number of Topliss-reactive ketones (excluding diaryl/α,β-unsaturated/α-hetero) is 1. The molecule has 1 aromatic carbocycles. The summed E-state index contributed by atoms with van der Waals surface area (Å²) in [5.41, 5.74) is 2.19. The summed E-state index contributed by atoms with van der Waals surface area (Å²) < 4.78 is 0. The highest BCUT2D eigenvalue weighted by atomic mass is 35.5. The highest BCUT2D eigenvalue weighted by molar-refractivity contribution is 7.14. The Balaban J connectivity index is 1.94. The number of aryl methyl sites for hydroxylation is 1. The molecule has 0 saturated heterocycles. The molecular weight excluding hydrogens is 360 g/mol. The summed E-state index contributed by atoms with van der Waals surface area (Å²) >= 11 is 7.17. The Kier molecular flexibility index (Phi) is 4.92. The van der Waals surface area contributed by atoms with E-state index in [1.807, 2.05) is 6.92 Å². The van der Waals surface area contributed by atoms with Crippen LogP contribution in [0.5, 0.6) is 0 Å². The predicted molar refractivity (Wildman–Crippen MR) is 96.5 cm³/mol. The molecule has 0 spiro atoms. The summed E-state index contributed by atoms with van der Waals surface area (Å²) in [5.74, 6) is -1.30. The number of hydrogen-bond acceptors (Lipinski definition) is 5. The molecule has 0 aliphatic heterocycles. The molecule has 0 radical (unpaired) electrons. The van der Waals surface area contributed by atoms with Crippen molar-refractivity contribution in [3.63, 3.8) is 0 Å². The van der Waals surface area contributed by atoms with E-state index in [9.17, 15) is 14.7 Å². The van der Waals surface area contributed by atoms with Crippen LogP contribution in [-0.2, 0) is 6.42 Å². The van der Waals surface area contributed by atoms with Gasteiger partial charge < -0.3 is 5.11 Å². The lowest BCUT2D eigenvalue weighted by molar-refractivity contribution is 0.0697. The van der Waals surface area contributed by atoms with Gasteiger partial charge in [-0.2, -0.15) is 0 Å². The van der Waals surface area contributed by atoms with Gasteiger partial charge in [-0.3, -0.25) is 4.79 Å². The summed E-state index contributed by atoms with van der Waals surface area (Å²) in [6, 6.07) is 6.92. The Bertz CT molecular complexity index is 934. The van der Waals surface area contributed by atoms with Gasteiger partial charge in [0.1, 0.15) is 0 Å². The van der Waals surface area contributed by atoms with Gasteiger partial charge in [-0.15, -0.1) is 11.3 Å². The van der Waals surface area contributed by atoms with Crippen LogP contribution in [-0.4, -0.2) is 26.8 Å². The minimum Gasteiger partial charge on any atom is -0.478 e. The fourth-order valence-corrected chi connectivity index (χ4v) is 3.56. The second kappa shape index (κ2) is 7.13. The molecular formula is C18H13ClN2O3S. The van der Waals surface area contributed by atoms with Crippen LogP contribution in [0.3, 0.4) is 0 Å². The van der Waals surface area contributed by atoms with Gasteiger partial charge in [0, 0.05) is 28.7 Å². The number of carbonyl (C=O) groups excluding carboxylic acids is 1. The molecule has 126 valence electrons. The van der Waals surface area contributed by atoms with Gasteiger partial charge in [0.15, 0.2) is 5.82 Å². The van der Waals surface area contributed by atoms with Gasteiger partial charge in [-0.25, -0.2) is 14.8 Å². The number of benzene rings is 1. The summed E-state index contributed by atoms with van der Waals surface area (Å²) in [6.07, 6.45) is 3.06. The Morgan fingerprint density at radius 2 is 1.80 bits per heavy atom. The van der Waals surface area contributed by atoms with E-state index in [2.05, 4.69) is 9.97 Å². The van der Waals surface area contributed by atoms with Gasteiger partial charge in [0.05, 0.1) is 5.56 Å². The molecule has 0 atom stereocenters. The standard InChI is InChI=1S/C18H13ClN2O3S/c1-10-7-20-17(21-8-10)14(22)6-12-9-25-16(15(12)18(23)24)11-2-4-13(19)5-3-11/h2-5,7-9H,6H2,1H3,(H,23,24). The van der Waals surface area contributed by atoms with Gasteiger partial charge in [-0.05, 0) is 41.1 Å². The minimum atomic E-state index is -1.07. The van der Waals surface area contributed by atoms with Crippen LogP contribution < -0.4 is 0 Å². The molecule has 2 aromatic heterocycles. The quantitative estimate of drug-likeness (QED) is 0.676. The SMILES string of the molecule is Cc1cnc(C(=O)Cc2csc(-c3ccc(Cl)cc3)c2C(=O)O)nc1. The third-order valence-corrected chi connectivity index (χ3v) is 4.90. The second-order valence-electron chi connectivity index (χ2n) is 5.46. The summed E-state index contributed by atoms with van der Waals surface area (Å²) in [4.78, 5) is 32.7. The molecule has 0 aliphatic rings. The zero-order valence-electron chi connectivity index (χ0n) is 13.2. The number of carboxylic acids is 1. The molecule has 0 bridgehead atoms. The van der Waals surface area contributed by atoms with E-state index in [0.717, 1.165) is 11.1 Å². The van der Waals surface area contributed by atoms with E-state index in [4.69, 9.17) is 11.6 Å². The van der Waals surface area contributed by atoms with Crippen LogP contribution in [0.1, 0.15) is 32.1 Å². The molecule has 5 nitrogen and oxygen atoms in total. The third-order valence-electron chi connectivity index (χ3n) is 3.57. The fraction of sp³-hybridized carbons (Fsp3) is 0.111. The van der Waals surface area contributed by atoms with E-state index in [0.29, 0.717) is 15.5 Å². The van der Waals surface area contributed by atoms with Crippen molar-refractivity contribution in [2.75, 3.05) is 0 Å². The molecule has 0 fully saturated rings. The van der Waals surface area contributed by atoms with E-state index in [1.54, 1.807) is 42.0 Å². The number of ketones is 1. The van der Waals surface area contributed by atoms with Crippen molar-refractivity contribution in [3.05, 3.63) is 69.6 Å². The first kappa shape index (κ1) is 17.3. The van der Waals surface area contributed by atoms with Crippen LogP contribution in [0, 0.1) is 6.92 Å². The summed E-state index contributed by atoms with van der Waals surface area (Å²) in [6.45, 7) is 1.83. The zero-order chi connectivity index (χ0) is 18.0. The van der Waals surface area contributed by atoms with Crippen LogP contribution >= 0.6 is 22.9 Å². The lowest BCUT2D eigenvalue weighted by Gasteiger charge is -2.04. The first-order valence-corrected chi connectivity index (χ1v) is 8.63. The van der Waals surface area contributed by atoms with Crippen molar-refractivity contribution in [2.24, 2.45) is 0 Å². The van der Waals surface area contributed by atoms with Gasteiger partial charge in [0.2, 0.25) is 5.78 Å². The number of carbonyl (C=O) groups is 2. The number of aromatic nitrogens is 2. The van der Waals surface area contributed by atoms with Gasteiger partial charge in [-0.1, -0.05) is 23.7 Å². The summed E-state index contributed by atoms with van der Waals surface area (Å²) in [5, 5.41) is 11.9. The monoisotopic (exact) mass is 372 g/mol. The topological polar surface area (TPSA) is 80.2 Å². The summed E-state index contributed by atoms with van der Waals surface area (Å²) in [7, 11) is 0. The normalized spacial score (nSPS) is 10.6. The number of nitrogens with zero attached hydrogens (tertiary/aromatic N) is 2. The smallest absolute Gasteiger partial charge is 0.337 e. The molecule has 0 amide bonds. The van der Waals surface area contributed by atoms with E-state index >= 15 is 0 Å². The Morgan fingerprint density at radius 1 is 1.16 bits per heavy atom. The van der Waals surface area contributed by atoms with Crippen LogP contribution in [0.2, 0.25) is 5.02 Å². The number of hydrogen-bond donors (Lipinski definition) is 1. The molecule has 0 aliphatic carbocycles. The van der Waals surface area contributed by atoms with Crippen molar-refractivity contribution in [1.82, 2.24) is 9.97 Å². The van der Waals surface area contributed by atoms with Crippen molar-refractivity contribution >= 4 is 34.7 Å². The van der Waals surface area contributed by atoms with Gasteiger partial charge >= 0.3 is 5.97 Å². The fourth-order valence-electron chi connectivity index (χ4n) is 2.36. The zero-order valence-corrected chi connectivity index (χ0v) is 14.8. The number of carboxylic acid groups (broad SMARTS) is 1. The number of halogens is 1. The number of thiophene rings is 1. The second-order valence-corrected chi connectivity index (χ2v) is 6.78. The maximum atomic E-state index is 12.4. The van der Waals surface area contributed by atoms with Crippen molar-refractivity contribution in [3.8, 4) is 10.4 Å². The first-order valence-electron chi connectivity index (χ1n) is 7.37. The third kappa shape index (κ3) is 3.75. The Hall–Kier alpha value is -2.57. The van der Waals surface area contributed by atoms with E-state index in [1.165, 1.54) is 11.3 Å². The largest absolute Gasteiger partial charge is 0.478 e. The van der Waals surface area contributed by atoms with Crippen LogP contribution in [0.25, 0.3) is 10.4 Å².